The molecular weight excluding hydrogens is 226 g/mol. The fraction of sp³-hybridized carbons (Fsp3) is 1.00. The Hall–Kier alpha value is -0.120. The second kappa shape index (κ2) is 6.88. The molecule has 3 nitrogen and oxygen atoms in total. The van der Waals surface area contributed by atoms with Crippen LogP contribution in [0.4, 0.5) is 0 Å². The SMILES string of the molecule is CCNC(COC)C1CCOC2(CCCCC2)C1. The van der Waals surface area contributed by atoms with E-state index in [0.717, 1.165) is 25.7 Å². The van der Waals surface area contributed by atoms with Gasteiger partial charge in [0.15, 0.2) is 0 Å². The highest BCUT2D eigenvalue weighted by atomic mass is 16.5. The highest BCUT2D eigenvalue weighted by Gasteiger charge is 2.40. The van der Waals surface area contributed by atoms with Crippen molar-refractivity contribution in [3.05, 3.63) is 0 Å². The van der Waals surface area contributed by atoms with Gasteiger partial charge >= 0.3 is 0 Å². The van der Waals surface area contributed by atoms with Gasteiger partial charge in [0, 0.05) is 19.8 Å². The Labute approximate surface area is 112 Å². The first-order chi connectivity index (χ1) is 8.79. The zero-order valence-electron chi connectivity index (χ0n) is 12.0. The smallest absolute Gasteiger partial charge is 0.0685 e. The molecule has 0 aromatic heterocycles. The van der Waals surface area contributed by atoms with Gasteiger partial charge < -0.3 is 14.8 Å². The molecule has 1 saturated heterocycles. The number of hydrogen-bond donors (Lipinski definition) is 1. The van der Waals surface area contributed by atoms with Gasteiger partial charge in [0.05, 0.1) is 12.2 Å². The van der Waals surface area contributed by atoms with Crippen LogP contribution in [0.5, 0.6) is 0 Å². The van der Waals surface area contributed by atoms with Crippen molar-refractivity contribution in [2.75, 3.05) is 26.9 Å². The fourth-order valence-corrected chi connectivity index (χ4v) is 3.76. The Morgan fingerprint density at radius 2 is 2.11 bits per heavy atom. The molecule has 2 unspecified atom stereocenters. The van der Waals surface area contributed by atoms with Crippen molar-refractivity contribution in [3.8, 4) is 0 Å². The topological polar surface area (TPSA) is 30.5 Å². The second-order valence-electron chi connectivity index (χ2n) is 5.96. The van der Waals surface area contributed by atoms with Crippen molar-refractivity contribution < 1.29 is 9.47 Å². The van der Waals surface area contributed by atoms with Crippen LogP contribution >= 0.6 is 0 Å². The highest BCUT2D eigenvalue weighted by Crippen LogP contribution is 2.41. The average Bonchev–Trinajstić information content (AvgIpc) is 2.39. The van der Waals surface area contributed by atoms with E-state index in [1.807, 2.05) is 0 Å². The average molecular weight is 255 g/mol. The lowest BCUT2D eigenvalue weighted by Crippen LogP contribution is -2.49. The van der Waals surface area contributed by atoms with Gasteiger partial charge in [-0.05, 0) is 38.1 Å². The normalized spacial score (nSPS) is 29.3. The monoisotopic (exact) mass is 255 g/mol. The van der Waals surface area contributed by atoms with Crippen LogP contribution in [0.15, 0.2) is 0 Å². The summed E-state index contributed by atoms with van der Waals surface area (Å²) in [5, 5.41) is 3.59. The Kier molecular flexibility index (Phi) is 5.46. The standard InChI is InChI=1S/C15H29NO2/c1-3-16-14(12-17-2)13-7-10-18-15(11-13)8-5-4-6-9-15/h13-14,16H,3-12H2,1-2H3. The van der Waals surface area contributed by atoms with Crippen LogP contribution in [0.2, 0.25) is 0 Å². The van der Waals surface area contributed by atoms with Gasteiger partial charge in [0.1, 0.15) is 0 Å². The third-order valence-corrected chi connectivity index (χ3v) is 4.68. The molecule has 0 bridgehead atoms. The van der Waals surface area contributed by atoms with E-state index in [1.54, 1.807) is 7.11 Å². The molecule has 106 valence electrons. The van der Waals surface area contributed by atoms with Crippen molar-refractivity contribution in [3.63, 3.8) is 0 Å². The first-order valence-corrected chi connectivity index (χ1v) is 7.66. The third-order valence-electron chi connectivity index (χ3n) is 4.68. The number of methoxy groups -OCH3 is 1. The van der Waals surface area contributed by atoms with E-state index >= 15 is 0 Å². The van der Waals surface area contributed by atoms with Crippen molar-refractivity contribution in [2.24, 2.45) is 5.92 Å². The zero-order chi connectivity index (χ0) is 12.8. The van der Waals surface area contributed by atoms with E-state index in [9.17, 15) is 0 Å². The van der Waals surface area contributed by atoms with Gasteiger partial charge in [0.2, 0.25) is 0 Å². The lowest BCUT2D eigenvalue weighted by molar-refractivity contribution is -0.124. The van der Waals surface area contributed by atoms with Crippen molar-refractivity contribution in [1.29, 1.82) is 0 Å². The lowest BCUT2D eigenvalue weighted by atomic mass is 9.74. The van der Waals surface area contributed by atoms with Crippen molar-refractivity contribution in [1.82, 2.24) is 5.32 Å². The molecule has 0 aromatic carbocycles. The van der Waals surface area contributed by atoms with Gasteiger partial charge in [-0.3, -0.25) is 0 Å². The number of ether oxygens (including phenoxy) is 2. The summed E-state index contributed by atoms with van der Waals surface area (Å²) in [4.78, 5) is 0. The minimum atomic E-state index is 0.211. The Bertz CT molecular complexity index is 227. The van der Waals surface area contributed by atoms with Crippen LogP contribution in [-0.2, 0) is 9.47 Å². The molecular formula is C15H29NO2. The van der Waals surface area contributed by atoms with Gasteiger partial charge in [-0.1, -0.05) is 26.2 Å². The summed E-state index contributed by atoms with van der Waals surface area (Å²) < 4.78 is 11.6. The number of hydrogen-bond acceptors (Lipinski definition) is 3. The summed E-state index contributed by atoms with van der Waals surface area (Å²) >= 11 is 0. The quantitative estimate of drug-likeness (QED) is 0.819. The molecule has 18 heavy (non-hydrogen) atoms. The second-order valence-corrected chi connectivity index (χ2v) is 5.96. The van der Waals surface area contributed by atoms with E-state index in [0.29, 0.717) is 6.04 Å². The van der Waals surface area contributed by atoms with Crippen LogP contribution in [0.25, 0.3) is 0 Å². The van der Waals surface area contributed by atoms with Gasteiger partial charge in [-0.2, -0.15) is 0 Å². The molecule has 2 aliphatic rings. The zero-order valence-corrected chi connectivity index (χ0v) is 12.0. The molecule has 0 radical (unpaired) electrons. The Balaban J connectivity index is 1.95. The van der Waals surface area contributed by atoms with Crippen molar-refractivity contribution in [2.45, 2.75) is 63.5 Å². The fourth-order valence-electron chi connectivity index (χ4n) is 3.76. The minimum Gasteiger partial charge on any atom is -0.383 e. The van der Waals surface area contributed by atoms with Crippen LogP contribution in [0.1, 0.15) is 51.9 Å². The minimum absolute atomic E-state index is 0.211. The summed E-state index contributed by atoms with van der Waals surface area (Å²) in [6.45, 7) is 4.97. The highest BCUT2D eigenvalue weighted by molar-refractivity contribution is 4.93. The molecule has 0 aromatic rings. The van der Waals surface area contributed by atoms with Crippen LogP contribution in [0.3, 0.4) is 0 Å². The molecule has 0 amide bonds. The third kappa shape index (κ3) is 3.46. The van der Waals surface area contributed by atoms with Gasteiger partial charge in [-0.15, -0.1) is 0 Å². The number of rotatable bonds is 5. The number of likely N-dealkylation sites (N-methyl/N-ethyl adjacent to an activating group) is 1. The lowest BCUT2D eigenvalue weighted by Gasteiger charge is -2.45. The maximum atomic E-state index is 6.17. The summed E-state index contributed by atoms with van der Waals surface area (Å²) in [5.41, 5.74) is 0.211. The molecule has 1 heterocycles. The number of nitrogens with one attached hydrogen (secondary N) is 1. The van der Waals surface area contributed by atoms with E-state index in [2.05, 4.69) is 12.2 Å². The molecule has 2 atom stereocenters. The molecule has 1 aliphatic heterocycles. The van der Waals surface area contributed by atoms with Gasteiger partial charge in [0.25, 0.3) is 0 Å². The van der Waals surface area contributed by atoms with E-state index in [1.165, 1.54) is 44.9 Å². The molecule has 1 aliphatic carbocycles. The summed E-state index contributed by atoms with van der Waals surface area (Å²) in [6.07, 6.45) is 9.05. The first kappa shape index (κ1) is 14.3. The largest absolute Gasteiger partial charge is 0.383 e. The Morgan fingerprint density at radius 1 is 1.33 bits per heavy atom. The molecule has 2 fully saturated rings. The summed E-state index contributed by atoms with van der Waals surface area (Å²) in [6, 6.07) is 0.503. The van der Waals surface area contributed by atoms with Gasteiger partial charge in [-0.25, -0.2) is 0 Å². The summed E-state index contributed by atoms with van der Waals surface area (Å²) in [7, 11) is 1.81. The molecule has 2 rings (SSSR count). The first-order valence-electron chi connectivity index (χ1n) is 7.66. The maximum absolute atomic E-state index is 6.17. The molecule has 3 heteroatoms. The Morgan fingerprint density at radius 3 is 2.78 bits per heavy atom. The predicted octanol–water partition coefficient (Wildman–Crippen LogP) is 2.74. The van der Waals surface area contributed by atoms with Crippen LogP contribution < -0.4 is 5.32 Å². The van der Waals surface area contributed by atoms with E-state index in [-0.39, 0.29) is 5.60 Å². The molecule has 1 spiro atoms. The van der Waals surface area contributed by atoms with E-state index in [4.69, 9.17) is 9.47 Å². The van der Waals surface area contributed by atoms with E-state index < -0.39 is 0 Å². The molecule has 1 N–H and O–H groups in total. The predicted molar refractivity (Wildman–Crippen MR) is 73.8 cm³/mol. The summed E-state index contributed by atoms with van der Waals surface area (Å²) in [5.74, 6) is 0.719. The molecule has 1 saturated carbocycles. The maximum Gasteiger partial charge on any atom is 0.0685 e. The van der Waals surface area contributed by atoms with Crippen molar-refractivity contribution >= 4 is 0 Å². The van der Waals surface area contributed by atoms with Crippen LogP contribution in [0, 0.1) is 5.92 Å². The van der Waals surface area contributed by atoms with Crippen LogP contribution in [-0.4, -0.2) is 38.5 Å².